The summed E-state index contributed by atoms with van der Waals surface area (Å²) >= 11 is 0. The van der Waals surface area contributed by atoms with Crippen molar-refractivity contribution in [3.05, 3.63) is 138 Å². The Morgan fingerprint density at radius 1 is 0.809 bits per heavy atom. The van der Waals surface area contributed by atoms with Crippen molar-refractivity contribution in [1.82, 2.24) is 9.55 Å². The zero-order chi connectivity index (χ0) is 32.8. The molecule has 0 aliphatic heterocycles. The summed E-state index contributed by atoms with van der Waals surface area (Å²) in [7, 11) is -2.77. The molecule has 47 heavy (non-hydrogen) atoms. The number of hydrogen-bond donors (Lipinski definition) is 4. The maximum atomic E-state index is 14.3. The highest BCUT2D eigenvalue weighted by Gasteiger charge is 2.47. The maximum Gasteiger partial charge on any atom is 0.231 e. The largest absolute Gasteiger partial charge is 0.395 e. The molecule has 9 nitrogen and oxygen atoms in total. The molecule has 1 aliphatic carbocycles. The van der Waals surface area contributed by atoms with Crippen molar-refractivity contribution in [1.29, 1.82) is 0 Å². The Kier molecular flexibility index (Phi) is 10.2. The van der Waals surface area contributed by atoms with Crippen LogP contribution in [0.4, 0.5) is 5.95 Å². The fourth-order valence-corrected chi connectivity index (χ4v) is 10.2. The molecule has 5 aromatic rings. The number of Topliss-reactive ketones (excluding diaryl/α,β-unsaturated/α-hetero) is 1. The smallest absolute Gasteiger partial charge is 0.231 e. The molecule has 0 unspecified atom stereocenters. The van der Waals surface area contributed by atoms with Crippen molar-refractivity contribution in [2.45, 2.75) is 25.3 Å². The summed E-state index contributed by atoms with van der Waals surface area (Å²) in [5.41, 5.74) is 20.9. The molecule has 1 aliphatic rings. The number of fused-ring (bicyclic) bond motifs is 1. The number of carbonyl (C=O) groups is 1. The Balaban J connectivity index is 1.66. The van der Waals surface area contributed by atoms with Gasteiger partial charge in [0.15, 0.2) is 5.78 Å². The third kappa shape index (κ3) is 6.26. The van der Waals surface area contributed by atoms with E-state index in [0.717, 1.165) is 21.5 Å². The third-order valence-corrected chi connectivity index (χ3v) is 12.6. The highest BCUT2D eigenvalue weighted by molar-refractivity contribution is 7.87. The molecule has 4 aromatic carbocycles. The van der Waals surface area contributed by atoms with Gasteiger partial charge >= 0.3 is 0 Å². The van der Waals surface area contributed by atoms with Crippen LogP contribution < -0.4 is 33.1 Å². The standard InChI is InChI=1S/C37H41N6O3P/c38-21-30-31(22-39)36(45)35-34(33(30)32(40)23-44)41-37(43(35)25-46-24-26-13-5-1-6-14-26)42-47(27-15-7-2-8-16-27,28-17-9-3-10-18-28)29-19-11-4-12-20-29/h1-20,30-33,44H,21-25,38-40H2/t30-,31+,32-,33-/m0/s1. The molecule has 0 radical (unpaired) electrons. The van der Waals surface area contributed by atoms with E-state index in [-0.39, 0.29) is 38.1 Å². The number of ketones is 1. The maximum absolute atomic E-state index is 14.3. The zero-order valence-corrected chi connectivity index (χ0v) is 27.1. The lowest BCUT2D eigenvalue weighted by atomic mass is 9.69. The predicted molar refractivity (Wildman–Crippen MR) is 188 cm³/mol. The Hall–Kier alpha value is -4.21. The van der Waals surface area contributed by atoms with Crippen LogP contribution >= 0.6 is 7.05 Å². The molecule has 1 heterocycles. The molecular weight excluding hydrogens is 607 g/mol. The van der Waals surface area contributed by atoms with Crippen molar-refractivity contribution in [2.24, 2.45) is 33.8 Å². The van der Waals surface area contributed by atoms with Crippen molar-refractivity contribution >= 4 is 34.7 Å². The number of aliphatic hydroxyl groups excluding tert-OH is 1. The Bertz CT molecular complexity index is 1730. The molecule has 242 valence electrons. The molecule has 7 N–H and O–H groups in total. The van der Waals surface area contributed by atoms with Crippen LogP contribution in [0.2, 0.25) is 0 Å². The molecule has 0 bridgehead atoms. The quantitative estimate of drug-likeness (QED) is 0.151. The average Bonchev–Trinajstić information content (AvgIpc) is 3.49. The molecule has 0 saturated carbocycles. The fourth-order valence-electron chi connectivity index (χ4n) is 6.71. The van der Waals surface area contributed by atoms with E-state index in [1.807, 2.05) is 84.9 Å². The van der Waals surface area contributed by atoms with Gasteiger partial charge in [0.25, 0.3) is 0 Å². The topological polar surface area (TPSA) is 155 Å². The molecule has 6 rings (SSSR count). The molecule has 0 amide bonds. The molecule has 0 fully saturated rings. The van der Waals surface area contributed by atoms with Crippen molar-refractivity contribution in [3.8, 4) is 0 Å². The SMILES string of the molecule is NC[C@@H]1[C@@H]([C@@H](N)CO)c2nc(N=P(c3ccccc3)(c3ccccc3)c3ccccc3)n(COCc3ccccc3)c2C(=O)[C@@H]1CN. The van der Waals surface area contributed by atoms with E-state index in [1.54, 1.807) is 4.57 Å². The number of benzene rings is 4. The van der Waals surface area contributed by atoms with Crippen molar-refractivity contribution in [3.63, 3.8) is 0 Å². The van der Waals surface area contributed by atoms with Gasteiger partial charge < -0.3 is 27.0 Å². The van der Waals surface area contributed by atoms with Crippen LogP contribution in [-0.4, -0.2) is 46.2 Å². The van der Waals surface area contributed by atoms with Crippen LogP contribution in [0.25, 0.3) is 0 Å². The van der Waals surface area contributed by atoms with E-state index in [0.29, 0.717) is 23.9 Å². The summed E-state index contributed by atoms with van der Waals surface area (Å²) in [6.45, 7) is 0.302. The van der Waals surface area contributed by atoms with E-state index >= 15 is 0 Å². The van der Waals surface area contributed by atoms with Crippen LogP contribution in [0.15, 0.2) is 126 Å². The van der Waals surface area contributed by atoms with E-state index in [1.165, 1.54) is 0 Å². The monoisotopic (exact) mass is 648 g/mol. The minimum atomic E-state index is -2.77. The Labute approximate surface area is 275 Å². The number of rotatable bonds is 12. The lowest BCUT2D eigenvalue weighted by molar-refractivity contribution is 0.0582. The Morgan fingerprint density at radius 3 is 1.79 bits per heavy atom. The first kappa shape index (κ1) is 32.7. The minimum absolute atomic E-state index is 0.0197. The zero-order valence-electron chi connectivity index (χ0n) is 26.2. The van der Waals surface area contributed by atoms with Crippen LogP contribution in [0.3, 0.4) is 0 Å². The van der Waals surface area contributed by atoms with E-state index < -0.39 is 24.9 Å². The summed E-state index contributed by atoms with van der Waals surface area (Å²) < 4.78 is 13.7. The molecule has 10 heteroatoms. The van der Waals surface area contributed by atoms with Crippen LogP contribution in [0.1, 0.15) is 27.7 Å². The summed E-state index contributed by atoms with van der Waals surface area (Å²) in [6.07, 6.45) is 0. The number of hydrogen-bond acceptors (Lipinski definition) is 8. The number of aromatic nitrogens is 2. The second kappa shape index (κ2) is 14.7. The number of imidazole rings is 1. The number of carbonyl (C=O) groups excluding carboxylic acids is 1. The number of aliphatic hydroxyl groups is 1. The second-order valence-electron chi connectivity index (χ2n) is 11.8. The first-order valence-electron chi connectivity index (χ1n) is 15.9. The third-order valence-electron chi connectivity index (χ3n) is 9.00. The van der Waals surface area contributed by atoms with Gasteiger partial charge in [0.1, 0.15) is 12.4 Å². The highest BCUT2D eigenvalue weighted by atomic mass is 31.2. The van der Waals surface area contributed by atoms with Gasteiger partial charge in [0, 0.05) is 40.3 Å². The van der Waals surface area contributed by atoms with Gasteiger partial charge in [0.05, 0.1) is 26.0 Å². The van der Waals surface area contributed by atoms with Crippen molar-refractivity contribution < 1.29 is 14.6 Å². The Morgan fingerprint density at radius 2 is 1.32 bits per heavy atom. The van der Waals surface area contributed by atoms with Gasteiger partial charge in [-0.2, -0.15) is 0 Å². The molecule has 0 saturated heterocycles. The van der Waals surface area contributed by atoms with Crippen LogP contribution in [0.5, 0.6) is 0 Å². The second-order valence-corrected chi connectivity index (χ2v) is 14.8. The highest BCUT2D eigenvalue weighted by Crippen LogP contribution is 2.50. The van der Waals surface area contributed by atoms with Gasteiger partial charge in [-0.15, -0.1) is 0 Å². The summed E-state index contributed by atoms with van der Waals surface area (Å²) in [4.78, 5) is 19.5. The van der Waals surface area contributed by atoms with Gasteiger partial charge in [-0.05, 0) is 18.0 Å². The molecular formula is C37H41N6O3P. The summed E-state index contributed by atoms with van der Waals surface area (Å²) in [6, 6.07) is 39.8. The van der Waals surface area contributed by atoms with Crippen molar-refractivity contribution in [2.75, 3.05) is 19.7 Å². The molecule has 4 atom stereocenters. The molecule has 0 spiro atoms. The van der Waals surface area contributed by atoms with Crippen LogP contribution in [-0.2, 0) is 18.1 Å². The van der Waals surface area contributed by atoms with E-state index in [2.05, 4.69) is 36.4 Å². The van der Waals surface area contributed by atoms with Gasteiger partial charge in [-0.25, -0.2) is 9.73 Å². The number of nitrogens with two attached hydrogens (primary N) is 3. The van der Waals surface area contributed by atoms with Gasteiger partial charge in [-0.1, -0.05) is 121 Å². The summed E-state index contributed by atoms with van der Waals surface area (Å²) in [5.74, 6) is -1.30. The molecule has 1 aromatic heterocycles. The van der Waals surface area contributed by atoms with E-state index in [4.69, 9.17) is 31.7 Å². The van der Waals surface area contributed by atoms with Gasteiger partial charge in [-0.3, -0.25) is 9.36 Å². The van der Waals surface area contributed by atoms with Crippen LogP contribution in [0, 0.1) is 11.8 Å². The average molecular weight is 649 g/mol. The normalized spacial score (nSPS) is 18.5. The van der Waals surface area contributed by atoms with Gasteiger partial charge in [0.2, 0.25) is 5.95 Å². The minimum Gasteiger partial charge on any atom is -0.395 e. The lowest BCUT2D eigenvalue weighted by Gasteiger charge is -2.38. The first-order chi connectivity index (χ1) is 23.0. The van der Waals surface area contributed by atoms with E-state index in [9.17, 15) is 9.90 Å². The lowest BCUT2D eigenvalue weighted by Crippen LogP contribution is -2.49. The number of nitrogens with zero attached hydrogens (tertiary/aromatic N) is 3. The number of ether oxygens (including phenoxy) is 1. The fraction of sp³-hybridized carbons (Fsp3) is 0.243. The summed E-state index contributed by atoms with van der Waals surface area (Å²) in [5, 5.41) is 13.4. The predicted octanol–water partition coefficient (Wildman–Crippen LogP) is 3.62. The first-order valence-corrected chi connectivity index (χ1v) is 17.6.